The van der Waals surface area contributed by atoms with Crippen molar-refractivity contribution in [3.63, 3.8) is 0 Å². The van der Waals surface area contributed by atoms with Gasteiger partial charge in [-0.05, 0) is 37.6 Å². The molecule has 3 heterocycles. The van der Waals surface area contributed by atoms with Crippen LogP contribution in [0, 0.1) is 13.8 Å². The lowest BCUT2D eigenvalue weighted by Gasteiger charge is -2.35. The number of hydrogen-bond donors (Lipinski definition) is 0. The van der Waals surface area contributed by atoms with Crippen LogP contribution in [-0.4, -0.2) is 51.9 Å². The molecule has 0 saturated carbocycles. The molecule has 1 saturated heterocycles. The van der Waals surface area contributed by atoms with E-state index in [1.54, 1.807) is 6.20 Å². The number of pyridine rings is 1. The highest BCUT2D eigenvalue weighted by molar-refractivity contribution is 5.98. The molecule has 160 valence electrons. The van der Waals surface area contributed by atoms with Crippen LogP contribution >= 0.6 is 0 Å². The molecule has 2 aromatic carbocycles. The van der Waals surface area contributed by atoms with Crippen molar-refractivity contribution in [1.29, 1.82) is 0 Å². The van der Waals surface area contributed by atoms with Crippen LogP contribution in [0.5, 0.6) is 0 Å². The maximum absolute atomic E-state index is 13.3. The summed E-state index contributed by atoms with van der Waals surface area (Å²) in [4.78, 5) is 31.2. The van der Waals surface area contributed by atoms with Gasteiger partial charge in [0.05, 0.1) is 16.8 Å². The third-order valence-corrected chi connectivity index (χ3v) is 5.96. The predicted octanol–water partition coefficient (Wildman–Crippen LogP) is 4.27. The fourth-order valence-electron chi connectivity index (χ4n) is 4.15. The van der Waals surface area contributed by atoms with Crippen LogP contribution in [0.25, 0.3) is 22.3 Å². The first-order chi connectivity index (χ1) is 15.6. The number of benzene rings is 2. The van der Waals surface area contributed by atoms with Gasteiger partial charge in [-0.25, -0.2) is 9.97 Å². The summed E-state index contributed by atoms with van der Waals surface area (Å²) in [6.45, 7) is 6.73. The second kappa shape index (κ2) is 8.38. The molecular weight excluding hydrogens is 398 g/mol. The molecule has 1 fully saturated rings. The molecule has 0 atom stereocenters. The number of fused-ring (bicyclic) bond motifs is 1. The van der Waals surface area contributed by atoms with Gasteiger partial charge >= 0.3 is 0 Å². The number of amides is 1. The normalized spacial score (nSPS) is 14.1. The molecule has 1 aliphatic rings. The van der Waals surface area contributed by atoms with Gasteiger partial charge in [-0.15, -0.1) is 0 Å². The molecule has 6 heteroatoms. The molecule has 5 rings (SSSR count). The first-order valence-electron chi connectivity index (χ1n) is 10.9. The second-order valence-electron chi connectivity index (χ2n) is 8.20. The number of carbonyl (C=O) groups is 1. The number of piperazine rings is 1. The molecule has 32 heavy (non-hydrogen) atoms. The molecule has 0 unspecified atom stereocenters. The van der Waals surface area contributed by atoms with Crippen LogP contribution in [0.1, 0.15) is 21.6 Å². The Morgan fingerprint density at radius 3 is 2.44 bits per heavy atom. The lowest BCUT2D eigenvalue weighted by Crippen LogP contribution is -2.49. The maximum atomic E-state index is 13.3. The molecule has 0 spiro atoms. The zero-order chi connectivity index (χ0) is 22.1. The Balaban J connectivity index is 1.31. The average Bonchev–Trinajstić information content (AvgIpc) is 2.84. The summed E-state index contributed by atoms with van der Waals surface area (Å²) in [6.07, 6.45) is 1.80. The van der Waals surface area contributed by atoms with Gasteiger partial charge < -0.3 is 9.80 Å². The Bertz CT molecular complexity index is 1280. The van der Waals surface area contributed by atoms with Crippen molar-refractivity contribution in [2.45, 2.75) is 13.8 Å². The van der Waals surface area contributed by atoms with Crippen LogP contribution in [0.3, 0.4) is 0 Å². The molecule has 4 aromatic rings. The van der Waals surface area contributed by atoms with E-state index in [0.717, 1.165) is 46.9 Å². The van der Waals surface area contributed by atoms with Crippen LogP contribution in [0.2, 0.25) is 0 Å². The van der Waals surface area contributed by atoms with Gasteiger partial charge in [-0.2, -0.15) is 0 Å². The Kier molecular flexibility index (Phi) is 5.27. The molecular formula is C26H25N5O. The zero-order valence-corrected chi connectivity index (χ0v) is 18.3. The highest BCUT2D eigenvalue weighted by atomic mass is 16.2. The first-order valence-corrected chi connectivity index (χ1v) is 10.9. The van der Waals surface area contributed by atoms with E-state index >= 15 is 0 Å². The third kappa shape index (κ3) is 3.91. The summed E-state index contributed by atoms with van der Waals surface area (Å²) < 4.78 is 0. The van der Waals surface area contributed by atoms with Crippen molar-refractivity contribution in [3.05, 3.63) is 83.7 Å². The van der Waals surface area contributed by atoms with Crippen LogP contribution < -0.4 is 4.90 Å². The molecule has 6 nitrogen and oxygen atoms in total. The van der Waals surface area contributed by atoms with Crippen molar-refractivity contribution in [2.75, 3.05) is 31.1 Å². The molecule has 2 aromatic heterocycles. The van der Waals surface area contributed by atoms with Gasteiger partial charge in [0.25, 0.3) is 5.91 Å². The summed E-state index contributed by atoms with van der Waals surface area (Å²) in [5.41, 5.74) is 4.56. The molecule has 0 bridgehead atoms. The minimum absolute atomic E-state index is 0.0461. The van der Waals surface area contributed by atoms with E-state index in [4.69, 9.17) is 4.98 Å². The highest BCUT2D eigenvalue weighted by Crippen LogP contribution is 2.22. The smallest absolute Gasteiger partial charge is 0.255 e. The van der Waals surface area contributed by atoms with E-state index in [1.165, 1.54) is 5.56 Å². The predicted molar refractivity (Wildman–Crippen MR) is 127 cm³/mol. The van der Waals surface area contributed by atoms with Crippen LogP contribution in [0.4, 0.5) is 5.82 Å². The van der Waals surface area contributed by atoms with E-state index in [9.17, 15) is 4.79 Å². The SMILES string of the molecule is Cc1ccc2cc(C(=O)N3CCN(c4ccnc(-c5ccccc5)n4)CC3)c(C)nc2c1. The van der Waals surface area contributed by atoms with Gasteiger partial charge in [0.2, 0.25) is 0 Å². The number of rotatable bonds is 3. The summed E-state index contributed by atoms with van der Waals surface area (Å²) >= 11 is 0. The van der Waals surface area contributed by atoms with E-state index in [0.29, 0.717) is 18.7 Å². The monoisotopic (exact) mass is 423 g/mol. The fourth-order valence-corrected chi connectivity index (χ4v) is 4.15. The van der Waals surface area contributed by atoms with Gasteiger partial charge in [-0.1, -0.05) is 42.5 Å². The van der Waals surface area contributed by atoms with E-state index < -0.39 is 0 Å². The summed E-state index contributed by atoms with van der Waals surface area (Å²) in [7, 11) is 0. The largest absolute Gasteiger partial charge is 0.353 e. The first kappa shape index (κ1) is 20.1. The topological polar surface area (TPSA) is 62.2 Å². The number of anilines is 1. The Morgan fingerprint density at radius 2 is 1.66 bits per heavy atom. The summed E-state index contributed by atoms with van der Waals surface area (Å²) in [6, 6.07) is 20.0. The number of hydrogen-bond acceptors (Lipinski definition) is 5. The number of carbonyl (C=O) groups excluding carboxylic acids is 1. The van der Waals surface area contributed by atoms with E-state index in [1.807, 2.05) is 60.4 Å². The standard InChI is InChI=1S/C26H25N5O/c1-18-8-9-21-17-22(19(2)28-23(21)16-18)26(32)31-14-12-30(13-15-31)24-10-11-27-25(29-24)20-6-4-3-5-7-20/h3-11,16-17H,12-15H2,1-2H3. The minimum atomic E-state index is 0.0461. The Labute approximate surface area is 187 Å². The van der Waals surface area contributed by atoms with Gasteiger partial charge in [-0.3, -0.25) is 9.78 Å². The fraction of sp³-hybridized carbons (Fsp3) is 0.231. The third-order valence-electron chi connectivity index (χ3n) is 5.96. The van der Waals surface area contributed by atoms with Crippen molar-refractivity contribution in [3.8, 4) is 11.4 Å². The van der Waals surface area contributed by atoms with Crippen molar-refractivity contribution in [1.82, 2.24) is 19.9 Å². The van der Waals surface area contributed by atoms with Gasteiger partial charge in [0.15, 0.2) is 5.82 Å². The molecule has 0 aliphatic carbocycles. The molecule has 1 amide bonds. The zero-order valence-electron chi connectivity index (χ0n) is 18.3. The lowest BCUT2D eigenvalue weighted by atomic mass is 10.1. The molecule has 0 N–H and O–H groups in total. The summed E-state index contributed by atoms with van der Waals surface area (Å²) in [5.74, 6) is 1.66. The molecule has 0 radical (unpaired) electrons. The van der Waals surface area contributed by atoms with Crippen LogP contribution in [0.15, 0.2) is 66.9 Å². The van der Waals surface area contributed by atoms with Crippen molar-refractivity contribution in [2.24, 2.45) is 0 Å². The average molecular weight is 424 g/mol. The number of nitrogens with zero attached hydrogens (tertiary/aromatic N) is 5. The van der Waals surface area contributed by atoms with Crippen molar-refractivity contribution < 1.29 is 4.79 Å². The van der Waals surface area contributed by atoms with Crippen LogP contribution in [-0.2, 0) is 0 Å². The number of aromatic nitrogens is 3. The van der Waals surface area contributed by atoms with E-state index in [2.05, 4.69) is 33.9 Å². The Morgan fingerprint density at radius 1 is 0.875 bits per heavy atom. The Hall–Kier alpha value is -3.80. The quantitative estimate of drug-likeness (QED) is 0.492. The van der Waals surface area contributed by atoms with Gasteiger partial charge in [0.1, 0.15) is 5.82 Å². The lowest BCUT2D eigenvalue weighted by molar-refractivity contribution is 0.0745. The minimum Gasteiger partial charge on any atom is -0.353 e. The highest BCUT2D eigenvalue weighted by Gasteiger charge is 2.25. The molecule has 1 aliphatic heterocycles. The second-order valence-corrected chi connectivity index (χ2v) is 8.20. The van der Waals surface area contributed by atoms with Gasteiger partial charge in [0, 0.05) is 43.3 Å². The van der Waals surface area contributed by atoms with Crippen molar-refractivity contribution >= 4 is 22.6 Å². The summed E-state index contributed by atoms with van der Waals surface area (Å²) in [5, 5.41) is 0.998. The maximum Gasteiger partial charge on any atom is 0.255 e. The number of aryl methyl sites for hydroxylation is 2. The van der Waals surface area contributed by atoms with E-state index in [-0.39, 0.29) is 5.91 Å².